The van der Waals surface area contributed by atoms with E-state index in [0.29, 0.717) is 10.0 Å². The van der Waals surface area contributed by atoms with Gasteiger partial charge in [0.1, 0.15) is 0 Å². The summed E-state index contributed by atoms with van der Waals surface area (Å²) in [6, 6.07) is 9.84. The van der Waals surface area contributed by atoms with E-state index in [2.05, 4.69) is 21.2 Å². The molecule has 0 unspecified atom stereocenters. The van der Waals surface area contributed by atoms with Crippen LogP contribution in [0.25, 0.3) is 0 Å². The second kappa shape index (κ2) is 6.35. The maximum Gasteiger partial charge on any atom is 0.338 e. The molecule has 0 fully saturated rings. The molecule has 0 spiro atoms. The largest absolute Gasteiger partial charge is 0.478 e. The first-order valence-corrected chi connectivity index (χ1v) is 6.77. The standard InChI is InChI=1S/C14H9BrN2O5/c15-11-4-2-1-3-9(11)13(18)16-12-6-5-8(17(21)22)7-10(12)14(19)20/h1-7H,(H,16,18)(H,19,20). The molecule has 0 aliphatic carbocycles. The highest BCUT2D eigenvalue weighted by Crippen LogP contribution is 2.24. The molecule has 0 atom stereocenters. The lowest BCUT2D eigenvalue weighted by Crippen LogP contribution is -2.15. The molecule has 2 aromatic rings. The number of carbonyl (C=O) groups is 2. The Kier molecular flexibility index (Phi) is 4.52. The van der Waals surface area contributed by atoms with Crippen LogP contribution in [0.5, 0.6) is 0 Å². The van der Waals surface area contributed by atoms with Crippen LogP contribution in [0, 0.1) is 10.1 Å². The number of benzene rings is 2. The van der Waals surface area contributed by atoms with Gasteiger partial charge >= 0.3 is 5.97 Å². The highest BCUT2D eigenvalue weighted by molar-refractivity contribution is 9.10. The quantitative estimate of drug-likeness (QED) is 0.638. The van der Waals surface area contributed by atoms with Crippen molar-refractivity contribution in [3.63, 3.8) is 0 Å². The van der Waals surface area contributed by atoms with Gasteiger partial charge in [-0.05, 0) is 34.1 Å². The Morgan fingerprint density at radius 2 is 1.82 bits per heavy atom. The van der Waals surface area contributed by atoms with Crippen LogP contribution in [0.2, 0.25) is 0 Å². The second-order valence-electron chi connectivity index (χ2n) is 4.23. The predicted octanol–water partition coefficient (Wildman–Crippen LogP) is 3.31. The SMILES string of the molecule is O=C(Nc1ccc([N+](=O)[O-])cc1C(=O)O)c1ccccc1Br. The summed E-state index contributed by atoms with van der Waals surface area (Å²) < 4.78 is 0.547. The van der Waals surface area contributed by atoms with E-state index < -0.39 is 16.8 Å². The zero-order valence-electron chi connectivity index (χ0n) is 10.9. The van der Waals surface area contributed by atoms with Crippen LogP contribution >= 0.6 is 15.9 Å². The normalized spacial score (nSPS) is 10.0. The van der Waals surface area contributed by atoms with E-state index in [-0.39, 0.29) is 16.9 Å². The number of nitrogens with one attached hydrogen (secondary N) is 1. The fourth-order valence-electron chi connectivity index (χ4n) is 1.77. The number of rotatable bonds is 4. The van der Waals surface area contributed by atoms with Gasteiger partial charge in [0.2, 0.25) is 0 Å². The van der Waals surface area contributed by atoms with Crippen LogP contribution < -0.4 is 5.32 Å². The number of aromatic carboxylic acids is 1. The highest BCUT2D eigenvalue weighted by Gasteiger charge is 2.18. The number of hydrogen-bond donors (Lipinski definition) is 2. The molecule has 0 saturated carbocycles. The van der Waals surface area contributed by atoms with Crippen LogP contribution in [0.15, 0.2) is 46.9 Å². The van der Waals surface area contributed by atoms with Crippen LogP contribution in [-0.4, -0.2) is 21.9 Å². The first kappa shape index (κ1) is 15.6. The number of carbonyl (C=O) groups excluding carboxylic acids is 1. The maximum absolute atomic E-state index is 12.2. The Morgan fingerprint density at radius 3 is 2.41 bits per heavy atom. The number of halogens is 1. The maximum atomic E-state index is 12.2. The zero-order chi connectivity index (χ0) is 16.3. The van der Waals surface area contributed by atoms with Crippen LogP contribution in [0.4, 0.5) is 11.4 Å². The van der Waals surface area contributed by atoms with Gasteiger partial charge in [0.25, 0.3) is 11.6 Å². The van der Waals surface area contributed by atoms with Gasteiger partial charge in [-0.1, -0.05) is 12.1 Å². The van der Waals surface area contributed by atoms with E-state index in [0.717, 1.165) is 12.1 Å². The van der Waals surface area contributed by atoms with Crippen molar-refractivity contribution >= 4 is 39.2 Å². The molecule has 0 bridgehead atoms. The molecule has 7 nitrogen and oxygen atoms in total. The number of carboxylic acids is 1. The Balaban J connectivity index is 2.37. The third-order valence-electron chi connectivity index (χ3n) is 2.81. The van der Waals surface area contributed by atoms with Crippen LogP contribution in [0.3, 0.4) is 0 Å². The third-order valence-corrected chi connectivity index (χ3v) is 3.50. The molecule has 1 amide bonds. The first-order valence-electron chi connectivity index (χ1n) is 5.97. The summed E-state index contributed by atoms with van der Waals surface area (Å²) in [6.45, 7) is 0. The molecule has 0 saturated heterocycles. The van der Waals surface area contributed by atoms with Gasteiger partial charge in [0.15, 0.2) is 0 Å². The zero-order valence-corrected chi connectivity index (χ0v) is 12.5. The molecule has 2 aromatic carbocycles. The summed E-state index contributed by atoms with van der Waals surface area (Å²) in [4.78, 5) is 33.4. The number of nitrogens with zero attached hydrogens (tertiary/aromatic N) is 1. The minimum absolute atomic E-state index is 0.0150. The van der Waals surface area contributed by atoms with E-state index in [1.54, 1.807) is 24.3 Å². The van der Waals surface area contributed by atoms with E-state index in [9.17, 15) is 19.7 Å². The molecule has 112 valence electrons. The van der Waals surface area contributed by atoms with Gasteiger partial charge < -0.3 is 10.4 Å². The average molecular weight is 365 g/mol. The van der Waals surface area contributed by atoms with Crippen LogP contribution in [0.1, 0.15) is 20.7 Å². The molecule has 0 aromatic heterocycles. The number of amides is 1. The molecular weight excluding hydrogens is 356 g/mol. The third kappa shape index (κ3) is 3.29. The van der Waals surface area contributed by atoms with E-state index in [4.69, 9.17) is 5.11 Å². The Morgan fingerprint density at radius 1 is 1.14 bits per heavy atom. The Bertz CT molecular complexity index is 776. The molecule has 0 aliphatic heterocycles. The van der Waals surface area contributed by atoms with E-state index >= 15 is 0 Å². The lowest BCUT2D eigenvalue weighted by atomic mass is 10.1. The van der Waals surface area contributed by atoms with Crippen molar-refractivity contribution in [3.05, 3.63) is 68.2 Å². The van der Waals surface area contributed by atoms with E-state index in [1.165, 1.54) is 6.07 Å². The lowest BCUT2D eigenvalue weighted by Gasteiger charge is -2.09. The van der Waals surface area contributed by atoms with Gasteiger partial charge in [-0.15, -0.1) is 0 Å². The van der Waals surface area contributed by atoms with Crippen molar-refractivity contribution in [2.24, 2.45) is 0 Å². The topological polar surface area (TPSA) is 110 Å². The smallest absolute Gasteiger partial charge is 0.338 e. The molecule has 2 rings (SSSR count). The van der Waals surface area contributed by atoms with Crippen LogP contribution in [-0.2, 0) is 0 Å². The summed E-state index contributed by atoms with van der Waals surface area (Å²) >= 11 is 3.22. The van der Waals surface area contributed by atoms with E-state index in [1.807, 2.05) is 0 Å². The highest BCUT2D eigenvalue weighted by atomic mass is 79.9. The number of anilines is 1. The molecule has 22 heavy (non-hydrogen) atoms. The Hall–Kier alpha value is -2.74. The van der Waals surface area contributed by atoms with Gasteiger partial charge in [0.05, 0.1) is 21.7 Å². The second-order valence-corrected chi connectivity index (χ2v) is 5.08. The average Bonchev–Trinajstić information content (AvgIpc) is 2.47. The fourth-order valence-corrected chi connectivity index (χ4v) is 2.23. The van der Waals surface area contributed by atoms with Gasteiger partial charge in [-0.3, -0.25) is 14.9 Å². The van der Waals surface area contributed by atoms with Gasteiger partial charge in [-0.2, -0.15) is 0 Å². The monoisotopic (exact) mass is 364 g/mol. The van der Waals surface area contributed by atoms with Crippen molar-refractivity contribution in [1.29, 1.82) is 0 Å². The van der Waals surface area contributed by atoms with Crippen molar-refractivity contribution < 1.29 is 19.6 Å². The number of hydrogen-bond acceptors (Lipinski definition) is 4. The minimum atomic E-state index is -1.37. The van der Waals surface area contributed by atoms with Crippen molar-refractivity contribution in [2.45, 2.75) is 0 Å². The van der Waals surface area contributed by atoms with Gasteiger partial charge in [-0.25, -0.2) is 4.79 Å². The minimum Gasteiger partial charge on any atom is -0.478 e. The molecular formula is C14H9BrN2O5. The van der Waals surface area contributed by atoms with Crippen molar-refractivity contribution in [2.75, 3.05) is 5.32 Å². The number of nitro groups is 1. The summed E-state index contributed by atoms with van der Waals surface area (Å²) in [6.07, 6.45) is 0. The molecule has 8 heteroatoms. The fraction of sp³-hybridized carbons (Fsp3) is 0. The summed E-state index contributed by atoms with van der Waals surface area (Å²) in [5.74, 6) is -1.89. The molecule has 0 aliphatic rings. The first-order chi connectivity index (χ1) is 10.4. The summed E-state index contributed by atoms with van der Waals surface area (Å²) in [5.41, 5.74) is -0.415. The molecule has 0 heterocycles. The summed E-state index contributed by atoms with van der Waals surface area (Å²) in [5, 5.41) is 22.3. The van der Waals surface area contributed by atoms with Crippen molar-refractivity contribution in [3.8, 4) is 0 Å². The molecule has 0 radical (unpaired) electrons. The summed E-state index contributed by atoms with van der Waals surface area (Å²) in [7, 11) is 0. The lowest BCUT2D eigenvalue weighted by molar-refractivity contribution is -0.384. The number of carboxylic acid groups (broad SMARTS) is 1. The Labute approximate surface area is 132 Å². The molecule has 2 N–H and O–H groups in total. The predicted molar refractivity (Wildman–Crippen MR) is 82.2 cm³/mol. The van der Waals surface area contributed by atoms with Crippen molar-refractivity contribution in [1.82, 2.24) is 0 Å². The number of non-ortho nitro benzene ring substituents is 1. The number of nitro benzene ring substituents is 1. The van der Waals surface area contributed by atoms with Gasteiger partial charge in [0, 0.05) is 16.6 Å².